The van der Waals surface area contributed by atoms with E-state index < -0.39 is 17.2 Å². The molecule has 3 saturated heterocycles. The third kappa shape index (κ3) is 2.54. The summed E-state index contributed by atoms with van der Waals surface area (Å²) in [5.74, 6) is -0.530. The normalized spacial score (nSPS) is 27.1. The lowest BCUT2D eigenvalue weighted by Crippen LogP contribution is -2.56. The van der Waals surface area contributed by atoms with Crippen molar-refractivity contribution in [3.8, 4) is 0 Å². The zero-order valence-corrected chi connectivity index (χ0v) is 14.4. The molecule has 3 aliphatic heterocycles. The zero-order valence-electron chi connectivity index (χ0n) is 12.7. The van der Waals surface area contributed by atoms with Crippen molar-refractivity contribution in [2.45, 2.75) is 30.5 Å². The molecule has 0 radical (unpaired) electrons. The van der Waals surface area contributed by atoms with E-state index in [4.69, 9.17) is 4.74 Å². The van der Waals surface area contributed by atoms with Gasteiger partial charge in [-0.2, -0.15) is 0 Å². The van der Waals surface area contributed by atoms with Gasteiger partial charge in [0.2, 0.25) is 5.60 Å². The number of carbonyl (C=O) groups excluding carboxylic acids is 1. The molecule has 3 aliphatic rings. The van der Waals surface area contributed by atoms with Crippen LogP contribution in [0.3, 0.4) is 0 Å². The number of hydrogen-bond donors (Lipinski definition) is 1. The maximum atomic E-state index is 13.0. The van der Waals surface area contributed by atoms with E-state index in [0.29, 0.717) is 9.75 Å². The molecule has 2 bridgehead atoms. The van der Waals surface area contributed by atoms with Gasteiger partial charge in [0.05, 0.1) is 9.75 Å². The molecule has 2 aromatic heterocycles. The zero-order chi connectivity index (χ0) is 15.9. The summed E-state index contributed by atoms with van der Waals surface area (Å²) in [4.78, 5) is 16.7. The first-order chi connectivity index (χ1) is 11.1. The van der Waals surface area contributed by atoms with Crippen molar-refractivity contribution in [2.24, 2.45) is 0 Å². The van der Waals surface area contributed by atoms with E-state index in [9.17, 15) is 9.90 Å². The number of esters is 1. The molecule has 0 unspecified atom stereocenters. The third-order valence-electron chi connectivity index (χ3n) is 5.01. The number of rotatable bonds is 4. The summed E-state index contributed by atoms with van der Waals surface area (Å²) in [7, 11) is 0. The van der Waals surface area contributed by atoms with Crippen LogP contribution in [0.4, 0.5) is 0 Å². The lowest BCUT2D eigenvalue weighted by molar-refractivity contribution is -0.190. The van der Waals surface area contributed by atoms with Crippen LogP contribution >= 0.6 is 22.7 Å². The number of fused-ring (bicyclic) bond motifs is 3. The van der Waals surface area contributed by atoms with Crippen LogP contribution in [0, 0.1) is 0 Å². The molecular formula is C17H19NO3S2. The topological polar surface area (TPSA) is 49.8 Å². The van der Waals surface area contributed by atoms with E-state index in [1.54, 1.807) is 12.1 Å². The van der Waals surface area contributed by atoms with Gasteiger partial charge >= 0.3 is 5.97 Å². The van der Waals surface area contributed by atoms with Gasteiger partial charge in [-0.15, -0.1) is 22.7 Å². The molecule has 23 heavy (non-hydrogen) atoms. The predicted octanol–water partition coefficient (Wildman–Crippen LogP) is 2.83. The van der Waals surface area contributed by atoms with Crippen LogP contribution in [-0.4, -0.2) is 41.2 Å². The van der Waals surface area contributed by atoms with Crippen LogP contribution in [-0.2, 0) is 15.1 Å². The lowest BCUT2D eigenvalue weighted by Gasteiger charge is -2.48. The van der Waals surface area contributed by atoms with Gasteiger partial charge in [0, 0.05) is 38.9 Å². The van der Waals surface area contributed by atoms with Gasteiger partial charge in [-0.1, -0.05) is 12.1 Å². The van der Waals surface area contributed by atoms with Crippen molar-refractivity contribution in [2.75, 3.05) is 19.6 Å². The van der Waals surface area contributed by atoms with Gasteiger partial charge in [0.1, 0.15) is 5.60 Å². The van der Waals surface area contributed by atoms with Crippen molar-refractivity contribution in [3.05, 3.63) is 44.8 Å². The first-order valence-electron chi connectivity index (χ1n) is 7.89. The van der Waals surface area contributed by atoms with Crippen LogP contribution < -0.4 is 0 Å². The van der Waals surface area contributed by atoms with Gasteiger partial charge in [0.15, 0.2) is 0 Å². The van der Waals surface area contributed by atoms with Gasteiger partial charge < -0.3 is 14.7 Å². The van der Waals surface area contributed by atoms with Gasteiger partial charge in [-0.05, 0) is 22.9 Å². The summed E-state index contributed by atoms with van der Waals surface area (Å²) in [6.45, 7) is 2.93. The number of aliphatic hydroxyl groups is 1. The SMILES string of the molecule is O=C(OC12CCN(CC1)CC2)C(O)(c1cccs1)c1cccs1. The average molecular weight is 349 g/mol. The summed E-state index contributed by atoms with van der Waals surface area (Å²) >= 11 is 2.76. The smallest absolute Gasteiger partial charge is 0.349 e. The second-order valence-electron chi connectivity index (χ2n) is 6.33. The Morgan fingerprint density at radius 1 is 1.09 bits per heavy atom. The summed E-state index contributed by atoms with van der Waals surface area (Å²) in [6, 6.07) is 7.30. The fraction of sp³-hybridized carbons (Fsp3) is 0.471. The molecule has 6 heteroatoms. The summed E-state index contributed by atoms with van der Waals surface area (Å²) in [5.41, 5.74) is -2.08. The van der Waals surface area contributed by atoms with E-state index in [-0.39, 0.29) is 0 Å². The van der Waals surface area contributed by atoms with Crippen molar-refractivity contribution in [1.29, 1.82) is 0 Å². The Morgan fingerprint density at radius 2 is 1.61 bits per heavy atom. The average Bonchev–Trinajstić information content (AvgIpc) is 3.29. The van der Waals surface area contributed by atoms with Crippen molar-refractivity contribution in [1.82, 2.24) is 4.90 Å². The fourth-order valence-corrected chi connectivity index (χ4v) is 5.23. The highest BCUT2D eigenvalue weighted by atomic mass is 32.1. The highest BCUT2D eigenvalue weighted by Crippen LogP contribution is 2.41. The molecule has 5 rings (SSSR count). The molecule has 0 atom stereocenters. The van der Waals surface area contributed by atoms with E-state index in [0.717, 1.165) is 38.9 Å². The summed E-state index contributed by atoms with van der Waals surface area (Å²) < 4.78 is 5.98. The van der Waals surface area contributed by atoms with E-state index in [2.05, 4.69) is 4.90 Å². The Bertz CT molecular complexity index is 625. The maximum absolute atomic E-state index is 13.0. The molecule has 0 amide bonds. The minimum absolute atomic E-state index is 0.395. The highest BCUT2D eigenvalue weighted by molar-refractivity contribution is 7.12. The number of thiophene rings is 2. The standard InChI is InChI=1S/C17H19NO3S2/c19-15(21-16-5-8-18(9-6-16)10-7-16)17(20,13-3-1-11-22-13)14-4-2-12-23-14/h1-4,11-12,20H,5-10H2. The van der Waals surface area contributed by atoms with Gasteiger partial charge in [-0.25, -0.2) is 4.79 Å². The van der Waals surface area contributed by atoms with Gasteiger partial charge in [0.25, 0.3) is 0 Å². The van der Waals surface area contributed by atoms with Crippen molar-refractivity contribution >= 4 is 28.6 Å². The second kappa shape index (κ2) is 5.70. The van der Waals surface area contributed by atoms with E-state index >= 15 is 0 Å². The van der Waals surface area contributed by atoms with Crippen molar-refractivity contribution < 1.29 is 14.6 Å². The Morgan fingerprint density at radius 3 is 2.04 bits per heavy atom. The molecule has 122 valence electrons. The summed E-state index contributed by atoms with van der Waals surface area (Å²) in [6.07, 6.45) is 2.59. The number of ether oxygens (including phenoxy) is 1. The van der Waals surface area contributed by atoms with Crippen LogP contribution in [0.25, 0.3) is 0 Å². The second-order valence-corrected chi connectivity index (χ2v) is 8.22. The first-order valence-corrected chi connectivity index (χ1v) is 9.64. The monoisotopic (exact) mass is 349 g/mol. The minimum atomic E-state index is -1.69. The number of piperidine rings is 3. The molecule has 1 N–H and O–H groups in total. The number of nitrogens with zero attached hydrogens (tertiary/aromatic N) is 1. The Balaban J connectivity index is 1.66. The number of hydrogen-bond acceptors (Lipinski definition) is 6. The Hall–Kier alpha value is -1.21. The van der Waals surface area contributed by atoms with Crippen molar-refractivity contribution in [3.63, 3.8) is 0 Å². The molecule has 0 spiro atoms. The molecule has 0 saturated carbocycles. The van der Waals surface area contributed by atoms with E-state index in [1.807, 2.05) is 22.9 Å². The fourth-order valence-electron chi connectivity index (χ4n) is 3.51. The Labute approximate surface area is 143 Å². The third-order valence-corrected chi connectivity index (χ3v) is 6.97. The Kier molecular flexibility index (Phi) is 3.80. The highest BCUT2D eigenvalue weighted by Gasteiger charge is 2.49. The quantitative estimate of drug-likeness (QED) is 0.863. The number of carbonyl (C=O) groups is 1. The van der Waals surface area contributed by atoms with Crippen LogP contribution in [0.5, 0.6) is 0 Å². The lowest BCUT2D eigenvalue weighted by atomic mass is 9.83. The molecule has 2 aromatic rings. The predicted molar refractivity (Wildman–Crippen MR) is 90.8 cm³/mol. The first kappa shape index (κ1) is 15.3. The minimum Gasteiger partial charge on any atom is -0.456 e. The summed E-state index contributed by atoms with van der Waals surface area (Å²) in [5, 5.41) is 15.0. The molecule has 3 fully saturated rings. The van der Waals surface area contributed by atoms with Gasteiger partial charge in [-0.3, -0.25) is 0 Å². The molecule has 0 aromatic carbocycles. The molecule has 5 heterocycles. The maximum Gasteiger partial charge on any atom is 0.349 e. The van der Waals surface area contributed by atoms with Crippen LogP contribution in [0.15, 0.2) is 35.0 Å². The van der Waals surface area contributed by atoms with Crippen LogP contribution in [0.2, 0.25) is 0 Å². The molecule has 0 aliphatic carbocycles. The molecule has 4 nitrogen and oxygen atoms in total. The van der Waals surface area contributed by atoms with Crippen LogP contribution in [0.1, 0.15) is 29.0 Å². The molecular weight excluding hydrogens is 330 g/mol. The largest absolute Gasteiger partial charge is 0.456 e. The van der Waals surface area contributed by atoms with E-state index in [1.165, 1.54) is 22.7 Å².